The van der Waals surface area contributed by atoms with E-state index in [-0.39, 0.29) is 0 Å². The monoisotopic (exact) mass is 207 g/mol. The van der Waals surface area contributed by atoms with Gasteiger partial charge in [0.2, 0.25) is 0 Å². The van der Waals surface area contributed by atoms with E-state index in [1.165, 1.54) is 0 Å². The number of hydrogen-bond acceptors (Lipinski definition) is 2. The summed E-state index contributed by atoms with van der Waals surface area (Å²) in [6.07, 6.45) is 0. The highest BCUT2D eigenvalue weighted by molar-refractivity contribution is 5.82. The fraction of sp³-hybridized carbons (Fsp3) is 0.417. The molecule has 0 spiro atoms. The van der Waals surface area contributed by atoms with E-state index in [0.717, 1.165) is 11.1 Å². The largest absolute Gasteiger partial charge is 0.478 e. The van der Waals surface area contributed by atoms with Gasteiger partial charge in [-0.05, 0) is 39.3 Å². The lowest BCUT2D eigenvalue weighted by Gasteiger charge is -2.23. The van der Waals surface area contributed by atoms with E-state index in [9.17, 15) is 4.79 Å². The molecule has 0 unspecified atom stereocenters. The molecular weight excluding hydrogens is 190 g/mol. The van der Waals surface area contributed by atoms with Gasteiger partial charge in [-0.25, -0.2) is 0 Å². The van der Waals surface area contributed by atoms with E-state index in [1.807, 2.05) is 32.0 Å². The third kappa shape index (κ3) is 2.72. The lowest BCUT2D eigenvalue weighted by molar-refractivity contribution is -0.130. The van der Waals surface area contributed by atoms with E-state index >= 15 is 0 Å². The van der Waals surface area contributed by atoms with Gasteiger partial charge >= 0.3 is 0 Å². The maximum absolute atomic E-state index is 11.1. The molecule has 15 heavy (non-hydrogen) atoms. The molecule has 2 N–H and O–H groups in total. The highest BCUT2D eigenvalue weighted by Gasteiger charge is 2.27. The number of carbonyl (C=O) groups is 1. The van der Waals surface area contributed by atoms with Crippen LogP contribution < -0.4 is 10.5 Å². The van der Waals surface area contributed by atoms with Crippen molar-refractivity contribution in [1.29, 1.82) is 0 Å². The van der Waals surface area contributed by atoms with Crippen molar-refractivity contribution in [1.82, 2.24) is 0 Å². The van der Waals surface area contributed by atoms with Gasteiger partial charge in [-0.2, -0.15) is 0 Å². The Morgan fingerprint density at radius 1 is 1.33 bits per heavy atom. The van der Waals surface area contributed by atoms with Gasteiger partial charge in [0.25, 0.3) is 5.91 Å². The van der Waals surface area contributed by atoms with E-state index in [2.05, 4.69) is 0 Å². The smallest absolute Gasteiger partial charge is 0.261 e. The normalized spacial score (nSPS) is 11.2. The average Bonchev–Trinajstić information content (AvgIpc) is 2.09. The molecule has 82 valence electrons. The summed E-state index contributed by atoms with van der Waals surface area (Å²) < 4.78 is 5.57. The minimum atomic E-state index is -0.972. The van der Waals surface area contributed by atoms with Gasteiger partial charge in [0, 0.05) is 0 Å². The molecule has 1 aromatic rings. The lowest BCUT2D eigenvalue weighted by atomic mass is 10.1. The van der Waals surface area contributed by atoms with Crippen molar-refractivity contribution < 1.29 is 9.53 Å². The minimum absolute atomic E-state index is 0.470. The molecule has 0 radical (unpaired) electrons. The van der Waals surface area contributed by atoms with Crippen LogP contribution in [0.3, 0.4) is 0 Å². The van der Waals surface area contributed by atoms with Gasteiger partial charge in [-0.3, -0.25) is 4.79 Å². The van der Waals surface area contributed by atoms with Crippen molar-refractivity contribution >= 4 is 5.91 Å². The summed E-state index contributed by atoms with van der Waals surface area (Å²) in [5.41, 5.74) is 6.43. The molecule has 0 saturated heterocycles. The molecule has 3 heteroatoms. The first kappa shape index (κ1) is 11.6. The fourth-order valence-corrected chi connectivity index (χ4v) is 1.24. The molecular formula is C12H17NO2. The van der Waals surface area contributed by atoms with Crippen molar-refractivity contribution in [3.05, 3.63) is 29.3 Å². The van der Waals surface area contributed by atoms with Crippen LogP contribution in [0.2, 0.25) is 0 Å². The topological polar surface area (TPSA) is 52.3 Å². The standard InChI is InChI=1S/C12H17NO2/c1-8-5-6-10(9(2)7-8)15-12(3,4)11(13)14/h5-7H,1-4H3,(H2,13,14). The maximum atomic E-state index is 11.1. The summed E-state index contributed by atoms with van der Waals surface area (Å²) >= 11 is 0. The van der Waals surface area contributed by atoms with E-state index in [1.54, 1.807) is 13.8 Å². The summed E-state index contributed by atoms with van der Waals surface area (Å²) in [5.74, 6) is 0.229. The highest BCUT2D eigenvalue weighted by atomic mass is 16.5. The fourth-order valence-electron chi connectivity index (χ4n) is 1.24. The number of amides is 1. The molecule has 0 saturated carbocycles. The Bertz CT molecular complexity index is 383. The van der Waals surface area contributed by atoms with Crippen LogP contribution in [0.4, 0.5) is 0 Å². The number of carbonyl (C=O) groups excluding carboxylic acids is 1. The first-order valence-electron chi connectivity index (χ1n) is 4.89. The molecule has 0 fully saturated rings. The molecule has 1 rings (SSSR count). The second-order valence-electron chi connectivity index (χ2n) is 4.25. The molecule has 0 bridgehead atoms. The van der Waals surface area contributed by atoms with Crippen LogP contribution in [0.5, 0.6) is 5.75 Å². The molecule has 0 aromatic heterocycles. The summed E-state index contributed by atoms with van der Waals surface area (Å²) in [4.78, 5) is 11.1. The summed E-state index contributed by atoms with van der Waals surface area (Å²) in [6.45, 7) is 7.28. The van der Waals surface area contributed by atoms with Crippen molar-refractivity contribution in [3.63, 3.8) is 0 Å². The second-order valence-corrected chi connectivity index (χ2v) is 4.25. The second kappa shape index (κ2) is 3.93. The lowest BCUT2D eigenvalue weighted by Crippen LogP contribution is -2.43. The Morgan fingerprint density at radius 3 is 2.40 bits per heavy atom. The van der Waals surface area contributed by atoms with E-state index in [4.69, 9.17) is 10.5 Å². The Balaban J connectivity index is 2.95. The van der Waals surface area contributed by atoms with Gasteiger partial charge in [-0.1, -0.05) is 17.7 Å². The number of benzene rings is 1. The molecule has 0 aliphatic rings. The number of ether oxygens (including phenoxy) is 1. The van der Waals surface area contributed by atoms with Crippen LogP contribution in [-0.2, 0) is 4.79 Å². The highest BCUT2D eigenvalue weighted by Crippen LogP contribution is 2.23. The molecule has 3 nitrogen and oxygen atoms in total. The van der Waals surface area contributed by atoms with Crippen LogP contribution in [-0.4, -0.2) is 11.5 Å². The third-order valence-corrected chi connectivity index (χ3v) is 2.29. The Hall–Kier alpha value is -1.51. The SMILES string of the molecule is Cc1ccc(OC(C)(C)C(N)=O)c(C)c1. The van der Waals surface area contributed by atoms with E-state index < -0.39 is 11.5 Å². The van der Waals surface area contributed by atoms with Crippen molar-refractivity contribution in [2.24, 2.45) is 5.73 Å². The summed E-state index contributed by atoms with van der Waals surface area (Å²) in [6, 6.07) is 5.81. The molecule has 0 aliphatic carbocycles. The van der Waals surface area contributed by atoms with Crippen LogP contribution in [0, 0.1) is 13.8 Å². The van der Waals surface area contributed by atoms with Crippen LogP contribution in [0.15, 0.2) is 18.2 Å². The Labute approximate surface area is 90.2 Å². The van der Waals surface area contributed by atoms with Gasteiger partial charge in [0.05, 0.1) is 0 Å². The first-order valence-corrected chi connectivity index (χ1v) is 4.89. The molecule has 0 heterocycles. The molecule has 0 atom stereocenters. The first-order chi connectivity index (χ1) is 6.83. The van der Waals surface area contributed by atoms with Crippen LogP contribution in [0.1, 0.15) is 25.0 Å². The predicted octanol–water partition coefficient (Wildman–Crippen LogP) is 1.95. The zero-order valence-corrected chi connectivity index (χ0v) is 9.63. The molecule has 0 aliphatic heterocycles. The van der Waals surface area contributed by atoms with Gasteiger partial charge in [-0.15, -0.1) is 0 Å². The van der Waals surface area contributed by atoms with Gasteiger partial charge in [0.1, 0.15) is 5.75 Å². The number of primary amides is 1. The van der Waals surface area contributed by atoms with Crippen LogP contribution in [0.25, 0.3) is 0 Å². The maximum Gasteiger partial charge on any atom is 0.261 e. The average molecular weight is 207 g/mol. The summed E-state index contributed by atoms with van der Waals surface area (Å²) in [5, 5.41) is 0. The minimum Gasteiger partial charge on any atom is -0.478 e. The number of nitrogens with two attached hydrogens (primary N) is 1. The number of rotatable bonds is 3. The zero-order valence-electron chi connectivity index (χ0n) is 9.63. The number of hydrogen-bond donors (Lipinski definition) is 1. The third-order valence-electron chi connectivity index (χ3n) is 2.29. The van der Waals surface area contributed by atoms with Crippen molar-refractivity contribution in [2.75, 3.05) is 0 Å². The Kier molecular flexibility index (Phi) is 3.03. The van der Waals surface area contributed by atoms with Gasteiger partial charge < -0.3 is 10.5 Å². The van der Waals surface area contributed by atoms with Crippen LogP contribution >= 0.6 is 0 Å². The number of aryl methyl sites for hydroxylation is 2. The predicted molar refractivity (Wildman–Crippen MR) is 59.8 cm³/mol. The molecule has 1 aromatic carbocycles. The Morgan fingerprint density at radius 2 is 1.93 bits per heavy atom. The van der Waals surface area contributed by atoms with Crippen molar-refractivity contribution in [2.45, 2.75) is 33.3 Å². The quantitative estimate of drug-likeness (QED) is 0.823. The van der Waals surface area contributed by atoms with E-state index in [0.29, 0.717) is 5.75 Å². The molecule has 1 amide bonds. The summed E-state index contributed by atoms with van der Waals surface area (Å²) in [7, 11) is 0. The van der Waals surface area contributed by atoms with Crippen molar-refractivity contribution in [3.8, 4) is 5.75 Å². The zero-order chi connectivity index (χ0) is 11.6. The van der Waals surface area contributed by atoms with Gasteiger partial charge in [0.15, 0.2) is 5.60 Å².